The number of aromatic nitrogens is 1. The molecule has 0 aliphatic rings. The molecule has 0 saturated heterocycles. The van der Waals surface area contributed by atoms with Crippen LogP contribution in [0, 0.1) is 6.92 Å². The number of halogens is 2. The van der Waals surface area contributed by atoms with E-state index in [0.29, 0.717) is 6.54 Å². The third kappa shape index (κ3) is 3.46. The lowest BCUT2D eigenvalue weighted by Gasteiger charge is -1.99. The first-order valence-electron chi connectivity index (χ1n) is 4.51. The maximum absolute atomic E-state index is 5.58. The molecular weight excluding hydrogens is 263 g/mol. The van der Waals surface area contributed by atoms with Crippen LogP contribution in [0.25, 0.3) is 10.6 Å². The second-order valence-electron chi connectivity index (χ2n) is 3.20. The van der Waals surface area contributed by atoms with E-state index in [1.54, 1.807) is 11.3 Å². The molecule has 2 N–H and O–H groups in total. The van der Waals surface area contributed by atoms with Gasteiger partial charge in [0.15, 0.2) is 0 Å². The van der Waals surface area contributed by atoms with Crippen molar-refractivity contribution in [1.82, 2.24) is 4.98 Å². The Hall–Kier alpha value is -0.610. The minimum Gasteiger partial charge on any atom is -0.326 e. The van der Waals surface area contributed by atoms with Gasteiger partial charge in [-0.25, -0.2) is 4.98 Å². The zero-order valence-corrected chi connectivity index (χ0v) is 11.3. The zero-order chi connectivity index (χ0) is 9.97. The highest BCUT2D eigenvalue weighted by Crippen LogP contribution is 2.23. The molecule has 0 atom stereocenters. The van der Waals surface area contributed by atoms with E-state index in [4.69, 9.17) is 5.73 Å². The van der Waals surface area contributed by atoms with Crippen molar-refractivity contribution >= 4 is 36.2 Å². The lowest BCUT2D eigenvalue weighted by Crippen LogP contribution is -1.95. The third-order valence-corrected chi connectivity index (χ3v) is 3.04. The SMILES string of the molecule is Cc1csc(-c2cccc(CN)c2)n1.Cl.Cl. The van der Waals surface area contributed by atoms with E-state index in [-0.39, 0.29) is 24.8 Å². The Morgan fingerprint density at radius 1 is 1.31 bits per heavy atom. The summed E-state index contributed by atoms with van der Waals surface area (Å²) in [5.41, 5.74) is 8.96. The molecule has 0 fully saturated rings. The number of aryl methyl sites for hydroxylation is 1. The van der Waals surface area contributed by atoms with Crippen LogP contribution in [0.1, 0.15) is 11.3 Å². The minimum atomic E-state index is 0. The molecule has 88 valence electrons. The summed E-state index contributed by atoms with van der Waals surface area (Å²) < 4.78 is 0. The number of rotatable bonds is 2. The van der Waals surface area contributed by atoms with Crippen molar-refractivity contribution in [3.8, 4) is 10.6 Å². The molecule has 2 rings (SSSR count). The molecule has 1 heterocycles. The van der Waals surface area contributed by atoms with E-state index in [1.807, 2.05) is 19.1 Å². The molecule has 2 aromatic rings. The molecule has 0 saturated carbocycles. The Morgan fingerprint density at radius 3 is 2.62 bits per heavy atom. The van der Waals surface area contributed by atoms with Crippen LogP contribution in [0.4, 0.5) is 0 Å². The molecule has 0 aliphatic carbocycles. The van der Waals surface area contributed by atoms with Gasteiger partial charge in [0.2, 0.25) is 0 Å². The first-order chi connectivity index (χ1) is 6.79. The van der Waals surface area contributed by atoms with Crippen LogP contribution in [-0.4, -0.2) is 4.98 Å². The van der Waals surface area contributed by atoms with Gasteiger partial charge < -0.3 is 5.73 Å². The Labute approximate surface area is 112 Å². The number of thiazole rings is 1. The lowest BCUT2D eigenvalue weighted by molar-refractivity contribution is 1.07. The first kappa shape index (κ1) is 15.4. The van der Waals surface area contributed by atoms with Crippen molar-refractivity contribution < 1.29 is 0 Å². The highest BCUT2D eigenvalue weighted by molar-refractivity contribution is 7.13. The molecule has 0 bridgehead atoms. The summed E-state index contributed by atoms with van der Waals surface area (Å²) in [6.07, 6.45) is 0. The highest BCUT2D eigenvalue weighted by atomic mass is 35.5. The van der Waals surface area contributed by atoms with E-state index in [2.05, 4.69) is 22.5 Å². The summed E-state index contributed by atoms with van der Waals surface area (Å²) in [4.78, 5) is 4.43. The molecular formula is C11H14Cl2N2S. The van der Waals surface area contributed by atoms with Crippen LogP contribution >= 0.6 is 36.2 Å². The first-order valence-corrected chi connectivity index (χ1v) is 5.39. The Morgan fingerprint density at radius 2 is 2.06 bits per heavy atom. The second kappa shape index (κ2) is 6.86. The maximum Gasteiger partial charge on any atom is 0.123 e. The zero-order valence-electron chi connectivity index (χ0n) is 8.84. The summed E-state index contributed by atoms with van der Waals surface area (Å²) in [5.74, 6) is 0. The summed E-state index contributed by atoms with van der Waals surface area (Å²) in [7, 11) is 0. The van der Waals surface area contributed by atoms with Crippen molar-refractivity contribution in [2.75, 3.05) is 0 Å². The molecule has 0 aliphatic heterocycles. The molecule has 1 aromatic heterocycles. The standard InChI is InChI=1S/C11H12N2S.2ClH/c1-8-7-14-11(13-8)10-4-2-3-9(5-10)6-12;;/h2-5,7H,6,12H2,1H3;2*1H. The third-order valence-electron chi connectivity index (χ3n) is 2.03. The van der Waals surface area contributed by atoms with Gasteiger partial charge in [-0.15, -0.1) is 36.2 Å². The Bertz CT molecular complexity index is 443. The van der Waals surface area contributed by atoms with Crippen LogP contribution in [0.2, 0.25) is 0 Å². The topological polar surface area (TPSA) is 38.9 Å². The van der Waals surface area contributed by atoms with Gasteiger partial charge >= 0.3 is 0 Å². The van der Waals surface area contributed by atoms with Gasteiger partial charge in [0.05, 0.1) is 0 Å². The fraction of sp³-hybridized carbons (Fsp3) is 0.182. The van der Waals surface area contributed by atoms with E-state index in [1.165, 1.54) is 0 Å². The van der Waals surface area contributed by atoms with Gasteiger partial charge in [0, 0.05) is 23.2 Å². The van der Waals surface area contributed by atoms with Crippen molar-refractivity contribution in [2.45, 2.75) is 13.5 Å². The highest BCUT2D eigenvalue weighted by Gasteiger charge is 2.02. The predicted octanol–water partition coefficient (Wildman–Crippen LogP) is 3.42. The second-order valence-corrected chi connectivity index (χ2v) is 4.06. The lowest BCUT2D eigenvalue weighted by atomic mass is 10.1. The van der Waals surface area contributed by atoms with Crippen LogP contribution in [0.5, 0.6) is 0 Å². The molecule has 16 heavy (non-hydrogen) atoms. The van der Waals surface area contributed by atoms with Crippen LogP contribution in [0.3, 0.4) is 0 Å². The number of hydrogen-bond acceptors (Lipinski definition) is 3. The molecule has 5 heteroatoms. The summed E-state index contributed by atoms with van der Waals surface area (Å²) in [6.45, 7) is 2.59. The quantitative estimate of drug-likeness (QED) is 0.913. The number of nitrogens with two attached hydrogens (primary N) is 1. The van der Waals surface area contributed by atoms with Crippen molar-refractivity contribution in [3.63, 3.8) is 0 Å². The van der Waals surface area contributed by atoms with Gasteiger partial charge in [-0.3, -0.25) is 0 Å². The average molecular weight is 277 g/mol. The fourth-order valence-electron chi connectivity index (χ4n) is 1.32. The molecule has 2 nitrogen and oxygen atoms in total. The van der Waals surface area contributed by atoms with E-state index >= 15 is 0 Å². The number of benzene rings is 1. The Balaban J connectivity index is 0.00000112. The minimum absolute atomic E-state index is 0. The molecule has 1 aromatic carbocycles. The van der Waals surface area contributed by atoms with Gasteiger partial charge in [-0.1, -0.05) is 18.2 Å². The maximum atomic E-state index is 5.58. The van der Waals surface area contributed by atoms with Crippen LogP contribution in [-0.2, 0) is 6.54 Å². The van der Waals surface area contributed by atoms with E-state index < -0.39 is 0 Å². The van der Waals surface area contributed by atoms with Crippen molar-refractivity contribution in [2.24, 2.45) is 5.73 Å². The monoisotopic (exact) mass is 276 g/mol. The summed E-state index contributed by atoms with van der Waals surface area (Å²) >= 11 is 1.67. The molecule has 0 radical (unpaired) electrons. The fourth-order valence-corrected chi connectivity index (χ4v) is 2.11. The van der Waals surface area contributed by atoms with Gasteiger partial charge in [0.1, 0.15) is 5.01 Å². The molecule has 0 spiro atoms. The summed E-state index contributed by atoms with van der Waals surface area (Å²) in [5, 5.41) is 3.13. The van der Waals surface area contributed by atoms with Crippen LogP contribution < -0.4 is 5.73 Å². The largest absolute Gasteiger partial charge is 0.326 e. The summed E-state index contributed by atoms with van der Waals surface area (Å²) in [6, 6.07) is 8.22. The molecule has 0 amide bonds. The number of nitrogens with zero attached hydrogens (tertiary/aromatic N) is 1. The predicted molar refractivity (Wildman–Crippen MR) is 74.7 cm³/mol. The van der Waals surface area contributed by atoms with E-state index in [9.17, 15) is 0 Å². The van der Waals surface area contributed by atoms with Crippen molar-refractivity contribution in [3.05, 3.63) is 40.9 Å². The van der Waals surface area contributed by atoms with Gasteiger partial charge in [0.25, 0.3) is 0 Å². The van der Waals surface area contributed by atoms with Gasteiger partial charge in [-0.2, -0.15) is 0 Å². The van der Waals surface area contributed by atoms with Crippen LogP contribution in [0.15, 0.2) is 29.6 Å². The van der Waals surface area contributed by atoms with Crippen molar-refractivity contribution in [1.29, 1.82) is 0 Å². The van der Waals surface area contributed by atoms with E-state index in [0.717, 1.165) is 21.8 Å². The molecule has 0 unspecified atom stereocenters. The number of hydrogen-bond donors (Lipinski definition) is 1. The smallest absolute Gasteiger partial charge is 0.123 e. The Kier molecular flexibility index (Phi) is 6.60. The normalized spacial score (nSPS) is 9.12. The van der Waals surface area contributed by atoms with Gasteiger partial charge in [-0.05, 0) is 18.6 Å². The average Bonchev–Trinajstić information content (AvgIpc) is 2.65.